The normalized spacial score (nSPS) is 17.5. The summed E-state index contributed by atoms with van der Waals surface area (Å²) in [7, 11) is 3.37. The quantitative estimate of drug-likeness (QED) is 0.674. The van der Waals surface area contributed by atoms with Gasteiger partial charge in [0, 0.05) is 35.3 Å². The molecule has 0 unspecified atom stereocenters. The van der Waals surface area contributed by atoms with Crippen LogP contribution in [0.15, 0.2) is 34.4 Å². The van der Waals surface area contributed by atoms with Crippen LogP contribution in [-0.2, 0) is 6.54 Å². The lowest BCUT2D eigenvalue weighted by atomic mass is 10.0. The van der Waals surface area contributed by atoms with Crippen LogP contribution in [-0.4, -0.2) is 35.0 Å². The number of nitrogens with zero attached hydrogens (tertiary/aromatic N) is 3. The smallest absolute Gasteiger partial charge is 0.259 e. The van der Waals surface area contributed by atoms with Crippen molar-refractivity contribution in [2.45, 2.75) is 32.4 Å². The summed E-state index contributed by atoms with van der Waals surface area (Å²) < 4.78 is 12.7. The lowest BCUT2D eigenvalue weighted by Gasteiger charge is -2.26. The lowest BCUT2D eigenvalue weighted by molar-refractivity contribution is 0.239. The van der Waals surface area contributed by atoms with E-state index in [2.05, 4.69) is 11.0 Å². The molecule has 1 aromatic carbocycles. The number of likely N-dealkylation sites (tertiary alicyclic amines) is 1. The van der Waals surface area contributed by atoms with Gasteiger partial charge in [-0.1, -0.05) is 0 Å². The van der Waals surface area contributed by atoms with Crippen LogP contribution in [0.5, 0.6) is 11.5 Å². The molecule has 7 heteroatoms. The highest BCUT2D eigenvalue weighted by atomic mass is 32.1. The average molecular weight is 385 g/mol. The summed E-state index contributed by atoms with van der Waals surface area (Å²) >= 11 is 1.51. The third-order valence-corrected chi connectivity index (χ3v) is 6.10. The van der Waals surface area contributed by atoms with Crippen molar-refractivity contribution in [3.63, 3.8) is 0 Å². The number of aromatic nitrogens is 2. The molecule has 3 heterocycles. The van der Waals surface area contributed by atoms with Gasteiger partial charge in [0.05, 0.1) is 19.9 Å². The monoisotopic (exact) mass is 385 g/mol. The molecule has 3 aromatic rings. The number of methoxy groups -OCH3 is 2. The van der Waals surface area contributed by atoms with E-state index in [4.69, 9.17) is 14.5 Å². The first-order valence-electron chi connectivity index (χ1n) is 9.03. The van der Waals surface area contributed by atoms with Gasteiger partial charge in [-0.25, -0.2) is 4.98 Å². The summed E-state index contributed by atoms with van der Waals surface area (Å²) in [4.78, 5) is 20.3. The minimum Gasteiger partial charge on any atom is -0.497 e. The van der Waals surface area contributed by atoms with E-state index in [0.717, 1.165) is 52.8 Å². The van der Waals surface area contributed by atoms with Gasteiger partial charge in [0.1, 0.15) is 11.5 Å². The fraction of sp³-hybridized carbons (Fsp3) is 0.400. The van der Waals surface area contributed by atoms with Gasteiger partial charge in [-0.3, -0.25) is 14.1 Å². The summed E-state index contributed by atoms with van der Waals surface area (Å²) in [6, 6.07) is 7.80. The molecule has 0 N–H and O–H groups in total. The van der Waals surface area contributed by atoms with Crippen molar-refractivity contribution in [3.8, 4) is 11.5 Å². The lowest BCUT2D eigenvalue weighted by Crippen LogP contribution is -2.25. The van der Waals surface area contributed by atoms with Crippen LogP contribution in [0.4, 0.5) is 0 Å². The van der Waals surface area contributed by atoms with E-state index in [-0.39, 0.29) is 11.6 Å². The molecule has 1 saturated heterocycles. The van der Waals surface area contributed by atoms with Crippen LogP contribution >= 0.6 is 11.3 Å². The highest BCUT2D eigenvalue weighted by Gasteiger charge is 2.29. The largest absolute Gasteiger partial charge is 0.497 e. The SMILES string of the molecule is COc1ccc(OC)c([C@H]2CCCN2Cc2cc(=O)n3c(C)csc3n2)c1. The Morgan fingerprint density at radius 3 is 2.89 bits per heavy atom. The second-order valence-corrected chi connectivity index (χ2v) is 7.65. The zero-order valence-electron chi connectivity index (χ0n) is 15.8. The molecule has 1 atom stereocenters. The van der Waals surface area contributed by atoms with E-state index in [1.807, 2.05) is 24.4 Å². The zero-order valence-corrected chi connectivity index (χ0v) is 16.6. The standard InChI is InChI=1S/C20H23N3O3S/c1-13-12-27-20-21-14(9-19(24)23(13)20)11-22-8-4-5-17(22)16-10-15(25-2)6-7-18(16)26-3/h6-7,9-10,12,17H,4-5,8,11H2,1-3H3/t17-/m1/s1. The number of rotatable bonds is 5. The fourth-order valence-electron chi connectivity index (χ4n) is 3.86. The number of thiazole rings is 1. The molecule has 1 aliphatic rings. The van der Waals surface area contributed by atoms with Gasteiger partial charge in [-0.2, -0.15) is 0 Å². The van der Waals surface area contributed by atoms with E-state index >= 15 is 0 Å². The Kier molecular flexibility index (Phi) is 4.88. The summed E-state index contributed by atoms with van der Waals surface area (Å²) in [5.74, 6) is 1.69. The topological polar surface area (TPSA) is 56.1 Å². The van der Waals surface area contributed by atoms with E-state index in [0.29, 0.717) is 6.54 Å². The van der Waals surface area contributed by atoms with Crippen LogP contribution in [0.1, 0.15) is 35.8 Å². The molecule has 4 rings (SSSR count). The Balaban J connectivity index is 1.66. The van der Waals surface area contributed by atoms with E-state index in [1.165, 1.54) is 11.3 Å². The van der Waals surface area contributed by atoms with Gasteiger partial charge in [0.25, 0.3) is 5.56 Å². The maximum atomic E-state index is 12.5. The number of aryl methyl sites for hydroxylation is 1. The molecule has 1 aliphatic heterocycles. The van der Waals surface area contributed by atoms with E-state index < -0.39 is 0 Å². The molecule has 6 nitrogen and oxygen atoms in total. The Bertz CT molecular complexity index is 1030. The number of ether oxygens (including phenoxy) is 2. The number of hydrogen-bond donors (Lipinski definition) is 0. The molecular formula is C20H23N3O3S. The van der Waals surface area contributed by atoms with Crippen molar-refractivity contribution in [1.82, 2.24) is 14.3 Å². The van der Waals surface area contributed by atoms with Gasteiger partial charge in [0.2, 0.25) is 0 Å². The summed E-state index contributed by atoms with van der Waals surface area (Å²) in [5.41, 5.74) is 2.86. The van der Waals surface area contributed by atoms with Crippen LogP contribution in [0, 0.1) is 6.92 Å². The van der Waals surface area contributed by atoms with Crippen molar-refractivity contribution in [2.75, 3.05) is 20.8 Å². The predicted molar refractivity (Wildman–Crippen MR) is 106 cm³/mol. The average Bonchev–Trinajstić information content (AvgIpc) is 3.28. The summed E-state index contributed by atoms with van der Waals surface area (Å²) in [6.07, 6.45) is 2.15. The Morgan fingerprint density at radius 1 is 1.26 bits per heavy atom. The van der Waals surface area contributed by atoms with Gasteiger partial charge in [-0.15, -0.1) is 11.3 Å². The highest BCUT2D eigenvalue weighted by molar-refractivity contribution is 7.15. The molecule has 0 radical (unpaired) electrons. The minimum absolute atomic E-state index is 0.0107. The maximum absolute atomic E-state index is 12.5. The summed E-state index contributed by atoms with van der Waals surface area (Å²) in [6.45, 7) is 3.54. The summed E-state index contributed by atoms with van der Waals surface area (Å²) in [5, 5.41) is 1.97. The molecular weight excluding hydrogens is 362 g/mol. The van der Waals surface area contributed by atoms with Gasteiger partial charge in [0.15, 0.2) is 4.96 Å². The molecule has 0 spiro atoms. The highest BCUT2D eigenvalue weighted by Crippen LogP contribution is 2.39. The van der Waals surface area contributed by atoms with Crippen molar-refractivity contribution < 1.29 is 9.47 Å². The third-order valence-electron chi connectivity index (χ3n) is 5.15. The van der Waals surface area contributed by atoms with Gasteiger partial charge >= 0.3 is 0 Å². The maximum Gasteiger partial charge on any atom is 0.259 e. The first kappa shape index (κ1) is 18.0. The minimum atomic E-state index is -0.0107. The van der Waals surface area contributed by atoms with Crippen molar-refractivity contribution in [2.24, 2.45) is 0 Å². The molecule has 2 aromatic heterocycles. The van der Waals surface area contributed by atoms with Crippen molar-refractivity contribution in [1.29, 1.82) is 0 Å². The van der Waals surface area contributed by atoms with E-state index in [9.17, 15) is 4.79 Å². The molecule has 0 saturated carbocycles. The van der Waals surface area contributed by atoms with Crippen LogP contribution in [0.2, 0.25) is 0 Å². The van der Waals surface area contributed by atoms with Crippen molar-refractivity contribution in [3.05, 3.63) is 57.0 Å². The first-order chi connectivity index (χ1) is 13.1. The Labute approximate surface area is 162 Å². The van der Waals surface area contributed by atoms with Crippen LogP contribution < -0.4 is 15.0 Å². The van der Waals surface area contributed by atoms with Crippen LogP contribution in [0.25, 0.3) is 4.96 Å². The second-order valence-electron chi connectivity index (χ2n) is 6.82. The molecule has 1 fully saturated rings. The predicted octanol–water partition coefficient (Wildman–Crippen LogP) is 3.42. The Hall–Kier alpha value is -2.38. The van der Waals surface area contributed by atoms with Crippen LogP contribution in [0.3, 0.4) is 0 Å². The zero-order chi connectivity index (χ0) is 19.0. The second kappa shape index (κ2) is 7.32. The molecule has 0 aliphatic carbocycles. The fourth-order valence-corrected chi connectivity index (χ4v) is 4.75. The number of fused-ring (bicyclic) bond motifs is 1. The molecule has 0 amide bonds. The van der Waals surface area contributed by atoms with Crippen molar-refractivity contribution >= 4 is 16.3 Å². The Morgan fingerprint density at radius 2 is 2.11 bits per heavy atom. The molecule has 0 bridgehead atoms. The van der Waals surface area contributed by atoms with Gasteiger partial charge in [-0.05, 0) is 44.5 Å². The van der Waals surface area contributed by atoms with E-state index in [1.54, 1.807) is 24.7 Å². The molecule has 27 heavy (non-hydrogen) atoms. The molecule has 142 valence electrons. The number of benzene rings is 1. The van der Waals surface area contributed by atoms with Gasteiger partial charge < -0.3 is 9.47 Å². The third kappa shape index (κ3) is 3.33. The first-order valence-corrected chi connectivity index (χ1v) is 9.91. The number of hydrogen-bond acceptors (Lipinski definition) is 6.